The molecule has 2 heteroatoms. The molecule has 0 amide bonds. The average molecular weight is 493 g/mol. The van der Waals surface area contributed by atoms with Gasteiger partial charge in [0.25, 0.3) is 0 Å². The van der Waals surface area contributed by atoms with Crippen molar-refractivity contribution < 1.29 is 8.97 Å². The predicted octanol–water partition coefficient (Wildman–Crippen LogP) is 8.79. The van der Waals surface area contributed by atoms with Crippen molar-refractivity contribution in [1.29, 1.82) is 0 Å². The lowest BCUT2D eigenvalue weighted by Crippen LogP contribution is -2.52. The summed E-state index contributed by atoms with van der Waals surface area (Å²) in [5, 5.41) is 0. The first-order valence-electron chi connectivity index (χ1n) is 15.6. The van der Waals surface area contributed by atoms with Crippen molar-refractivity contribution in [1.82, 2.24) is 0 Å². The third-order valence-electron chi connectivity index (χ3n) is 12.0. The lowest BCUT2D eigenvalue weighted by atomic mass is 9.62. The zero-order valence-electron chi connectivity index (χ0n) is 26.6. The summed E-state index contributed by atoms with van der Waals surface area (Å²) in [5.74, 6) is 3.63. The Labute approximate surface area is 222 Å². The fourth-order valence-corrected chi connectivity index (χ4v) is 8.29. The van der Waals surface area contributed by atoms with E-state index in [1.807, 2.05) is 0 Å². The summed E-state index contributed by atoms with van der Waals surface area (Å²) in [7, 11) is 9.98. The fourth-order valence-electron chi connectivity index (χ4n) is 8.29. The van der Waals surface area contributed by atoms with E-state index in [9.17, 15) is 0 Å². The molecule has 6 unspecified atom stereocenters. The second-order valence-electron chi connectivity index (χ2n) is 16.1. The first kappa shape index (κ1) is 31.1. The van der Waals surface area contributed by atoms with Crippen molar-refractivity contribution in [3.05, 3.63) is 0 Å². The van der Waals surface area contributed by atoms with Crippen molar-refractivity contribution in [2.24, 2.45) is 34.5 Å². The maximum Gasteiger partial charge on any atom is 0.0857 e. The molecule has 0 saturated heterocycles. The van der Waals surface area contributed by atoms with Crippen LogP contribution in [0.1, 0.15) is 126 Å². The van der Waals surface area contributed by atoms with E-state index in [0.29, 0.717) is 10.8 Å². The molecule has 2 saturated carbocycles. The molecule has 0 aromatic heterocycles. The Balaban J connectivity index is 1.80. The van der Waals surface area contributed by atoms with Crippen molar-refractivity contribution in [3.8, 4) is 0 Å². The lowest BCUT2D eigenvalue weighted by Gasteiger charge is -2.45. The van der Waals surface area contributed by atoms with Crippen LogP contribution in [-0.4, -0.2) is 62.3 Å². The van der Waals surface area contributed by atoms with E-state index in [1.54, 1.807) is 0 Å². The van der Waals surface area contributed by atoms with E-state index in [2.05, 4.69) is 83.6 Å². The second-order valence-corrected chi connectivity index (χ2v) is 16.1. The molecule has 35 heavy (non-hydrogen) atoms. The number of quaternary nitrogens is 2. The van der Waals surface area contributed by atoms with E-state index in [0.717, 1.165) is 35.8 Å². The van der Waals surface area contributed by atoms with E-state index >= 15 is 0 Å². The highest BCUT2D eigenvalue weighted by molar-refractivity contribution is 4.87. The molecule has 0 aromatic rings. The molecule has 2 aliphatic carbocycles. The van der Waals surface area contributed by atoms with E-state index in [1.165, 1.54) is 92.7 Å². The third kappa shape index (κ3) is 8.46. The molecule has 0 bridgehead atoms. The number of rotatable bonds is 12. The van der Waals surface area contributed by atoms with Crippen LogP contribution in [0.3, 0.4) is 0 Å². The molecule has 0 aromatic carbocycles. The van der Waals surface area contributed by atoms with Gasteiger partial charge >= 0.3 is 0 Å². The van der Waals surface area contributed by atoms with Gasteiger partial charge in [-0.15, -0.1) is 0 Å². The van der Waals surface area contributed by atoms with Gasteiger partial charge in [0.05, 0.1) is 53.4 Å². The van der Waals surface area contributed by atoms with Crippen LogP contribution in [-0.2, 0) is 0 Å². The molecule has 2 rings (SSSR count). The van der Waals surface area contributed by atoms with Crippen LogP contribution in [0.2, 0.25) is 0 Å². The Hall–Kier alpha value is -0.0800. The standard InChI is InChI=1S/C33H68N2/c1-26-16-13-22-32(5,6)30(26)20-18-28(3)34(9,10)24-15-25-35(11,12)29(4)19-21-31-27(2)17-14-23-33(31,7)8/h26-31H,13-25H2,1-12H3/q+2. The molecule has 2 nitrogen and oxygen atoms in total. The van der Waals surface area contributed by atoms with Gasteiger partial charge < -0.3 is 8.97 Å². The zero-order chi connectivity index (χ0) is 26.7. The van der Waals surface area contributed by atoms with Gasteiger partial charge in [-0.25, -0.2) is 0 Å². The molecule has 0 radical (unpaired) electrons. The first-order valence-corrected chi connectivity index (χ1v) is 15.6. The number of hydrogen-bond donors (Lipinski definition) is 0. The summed E-state index contributed by atoms with van der Waals surface area (Å²) < 4.78 is 2.37. The van der Waals surface area contributed by atoms with E-state index in [-0.39, 0.29) is 0 Å². The van der Waals surface area contributed by atoms with Crippen LogP contribution in [0, 0.1) is 34.5 Å². The molecule has 2 aliphatic rings. The number of nitrogens with zero attached hydrogens (tertiary/aromatic N) is 2. The Morgan fingerprint density at radius 3 is 1.31 bits per heavy atom. The van der Waals surface area contributed by atoms with Gasteiger partial charge in [-0.3, -0.25) is 0 Å². The maximum atomic E-state index is 2.54. The molecular weight excluding hydrogens is 424 g/mol. The molecule has 6 atom stereocenters. The minimum absolute atomic E-state index is 0.538. The highest BCUT2D eigenvalue weighted by Crippen LogP contribution is 2.47. The second kappa shape index (κ2) is 12.2. The van der Waals surface area contributed by atoms with Crippen LogP contribution in [0.4, 0.5) is 0 Å². The monoisotopic (exact) mass is 493 g/mol. The van der Waals surface area contributed by atoms with Crippen molar-refractivity contribution in [2.45, 2.75) is 138 Å². The van der Waals surface area contributed by atoms with Gasteiger partial charge in [-0.1, -0.05) is 67.2 Å². The Bertz CT molecular complexity index is 577. The van der Waals surface area contributed by atoms with Crippen LogP contribution < -0.4 is 0 Å². The van der Waals surface area contributed by atoms with Crippen LogP contribution in [0.5, 0.6) is 0 Å². The molecule has 0 heterocycles. The SMILES string of the molecule is CC1CCCC(C)(C)C1CCC(C)[N+](C)(C)CCC[N+](C)(C)C(C)CCC1C(C)CCCC1(C)C. The lowest BCUT2D eigenvalue weighted by molar-refractivity contribution is -0.931. The highest BCUT2D eigenvalue weighted by atomic mass is 15.4. The van der Waals surface area contributed by atoms with Crippen LogP contribution in [0.15, 0.2) is 0 Å². The fraction of sp³-hybridized carbons (Fsp3) is 1.00. The summed E-state index contributed by atoms with van der Waals surface area (Å²) in [6, 6.07) is 1.51. The molecule has 0 N–H and O–H groups in total. The Kier molecular flexibility index (Phi) is 10.8. The summed E-state index contributed by atoms with van der Waals surface area (Å²) >= 11 is 0. The molecule has 0 aliphatic heterocycles. The van der Waals surface area contributed by atoms with Gasteiger partial charge in [-0.2, -0.15) is 0 Å². The molecule has 0 spiro atoms. The minimum atomic E-state index is 0.538. The number of hydrogen-bond acceptors (Lipinski definition) is 0. The summed E-state index contributed by atoms with van der Waals surface area (Å²) in [6.07, 6.45) is 15.6. The van der Waals surface area contributed by atoms with Gasteiger partial charge in [-0.05, 0) is 86.9 Å². The smallest absolute Gasteiger partial charge is 0.0857 e. The van der Waals surface area contributed by atoms with Crippen molar-refractivity contribution >= 4 is 0 Å². The maximum absolute atomic E-state index is 2.54. The van der Waals surface area contributed by atoms with E-state index < -0.39 is 0 Å². The molecular formula is C33H68N2+2. The zero-order valence-corrected chi connectivity index (χ0v) is 26.6. The van der Waals surface area contributed by atoms with Crippen LogP contribution >= 0.6 is 0 Å². The quantitative estimate of drug-likeness (QED) is 0.239. The van der Waals surface area contributed by atoms with E-state index in [4.69, 9.17) is 0 Å². The Morgan fingerprint density at radius 2 is 1.00 bits per heavy atom. The van der Waals surface area contributed by atoms with Crippen molar-refractivity contribution in [3.63, 3.8) is 0 Å². The Morgan fingerprint density at radius 1 is 0.657 bits per heavy atom. The van der Waals surface area contributed by atoms with Gasteiger partial charge in [0, 0.05) is 6.42 Å². The van der Waals surface area contributed by atoms with Gasteiger partial charge in [0.2, 0.25) is 0 Å². The average Bonchev–Trinajstić information content (AvgIpc) is 2.71. The van der Waals surface area contributed by atoms with Crippen LogP contribution in [0.25, 0.3) is 0 Å². The normalized spacial score (nSPS) is 31.2. The topological polar surface area (TPSA) is 0 Å². The molecule has 2 fully saturated rings. The summed E-state index contributed by atoms with van der Waals surface area (Å²) in [5.41, 5.74) is 1.08. The predicted molar refractivity (Wildman–Crippen MR) is 157 cm³/mol. The molecule has 208 valence electrons. The minimum Gasteiger partial charge on any atom is -0.326 e. The van der Waals surface area contributed by atoms with Crippen molar-refractivity contribution in [2.75, 3.05) is 41.3 Å². The van der Waals surface area contributed by atoms with Gasteiger partial charge in [0.15, 0.2) is 0 Å². The summed E-state index contributed by atoms with van der Waals surface area (Å²) in [4.78, 5) is 0. The van der Waals surface area contributed by atoms with Gasteiger partial charge in [0.1, 0.15) is 0 Å². The summed E-state index contributed by atoms with van der Waals surface area (Å²) in [6.45, 7) is 22.9. The first-order chi connectivity index (χ1) is 16.0. The third-order valence-corrected chi connectivity index (χ3v) is 12.0. The largest absolute Gasteiger partial charge is 0.326 e. The highest BCUT2D eigenvalue weighted by Gasteiger charge is 2.39.